The van der Waals surface area contributed by atoms with Gasteiger partial charge in [-0.05, 0) is 6.07 Å². The molecule has 1 atom stereocenters. The fourth-order valence-corrected chi connectivity index (χ4v) is 3.48. The second-order valence-corrected chi connectivity index (χ2v) is 7.56. The zero-order valence-corrected chi connectivity index (χ0v) is 14.8. The van der Waals surface area contributed by atoms with Gasteiger partial charge in [0.15, 0.2) is 0 Å². The third-order valence-electron chi connectivity index (χ3n) is 3.60. The monoisotopic (exact) mass is 368 g/mol. The Hall–Kier alpha value is -2.13. The average Bonchev–Trinajstić information content (AvgIpc) is 2.53. The minimum absolute atomic E-state index is 0.146. The molecule has 1 N–H and O–H groups in total. The number of nitro benzene ring substituents is 1. The van der Waals surface area contributed by atoms with E-state index in [2.05, 4.69) is 0 Å². The van der Waals surface area contributed by atoms with Crippen molar-refractivity contribution in [1.29, 1.82) is 0 Å². The molecule has 1 unspecified atom stereocenters. The van der Waals surface area contributed by atoms with Gasteiger partial charge in [0.05, 0.1) is 29.6 Å². The summed E-state index contributed by atoms with van der Waals surface area (Å²) in [5, 5.41) is 20.1. The summed E-state index contributed by atoms with van der Waals surface area (Å²) in [4.78, 5) is 36.4. The number of non-ortho nitro benzene ring substituents is 1. The van der Waals surface area contributed by atoms with Crippen LogP contribution < -0.4 is 0 Å². The lowest BCUT2D eigenvalue weighted by molar-refractivity contribution is -0.384. The molecule has 0 spiro atoms. The fourth-order valence-electron chi connectivity index (χ4n) is 2.55. The lowest BCUT2D eigenvalue weighted by Crippen LogP contribution is -2.46. The van der Waals surface area contributed by atoms with E-state index >= 15 is 0 Å². The van der Waals surface area contributed by atoms with Crippen molar-refractivity contribution >= 4 is 29.3 Å². The van der Waals surface area contributed by atoms with E-state index in [4.69, 9.17) is 9.84 Å². The molecular formula is C16H20N2O6S. The first-order chi connectivity index (χ1) is 11.8. The molecule has 1 aromatic rings. The maximum atomic E-state index is 12.9. The number of morpholine rings is 1. The molecule has 0 saturated carbocycles. The van der Waals surface area contributed by atoms with Crippen LogP contribution in [0.5, 0.6) is 0 Å². The first-order valence-electron chi connectivity index (χ1n) is 7.85. The fraction of sp³-hybridized carbons (Fsp3) is 0.500. The number of benzene rings is 1. The molecule has 0 aliphatic carbocycles. The number of carbonyl (C=O) groups is 2. The highest BCUT2D eigenvalue weighted by Gasteiger charge is 2.29. The molecule has 1 amide bonds. The van der Waals surface area contributed by atoms with Crippen molar-refractivity contribution in [2.24, 2.45) is 0 Å². The number of carboxylic acid groups (broad SMARTS) is 1. The number of rotatable bonds is 6. The van der Waals surface area contributed by atoms with E-state index in [-0.39, 0.29) is 42.0 Å². The third-order valence-corrected chi connectivity index (χ3v) is 4.68. The summed E-state index contributed by atoms with van der Waals surface area (Å²) >= 11 is 1.45. The maximum Gasteiger partial charge on any atom is 0.306 e. The van der Waals surface area contributed by atoms with Crippen molar-refractivity contribution in [3.63, 3.8) is 0 Å². The van der Waals surface area contributed by atoms with Gasteiger partial charge in [0.2, 0.25) is 0 Å². The van der Waals surface area contributed by atoms with Crippen LogP contribution in [-0.4, -0.2) is 57.9 Å². The molecule has 136 valence electrons. The highest BCUT2D eigenvalue weighted by molar-refractivity contribution is 8.00. The number of hydrogen-bond donors (Lipinski definition) is 1. The van der Waals surface area contributed by atoms with Crippen molar-refractivity contribution in [2.45, 2.75) is 36.5 Å². The van der Waals surface area contributed by atoms with Gasteiger partial charge in [-0.3, -0.25) is 19.7 Å². The first kappa shape index (κ1) is 19.2. The molecule has 1 aromatic carbocycles. The van der Waals surface area contributed by atoms with Gasteiger partial charge in [-0.2, -0.15) is 0 Å². The summed E-state index contributed by atoms with van der Waals surface area (Å²) in [7, 11) is 0. The highest BCUT2D eigenvalue weighted by atomic mass is 32.2. The Morgan fingerprint density at radius 3 is 2.80 bits per heavy atom. The predicted octanol–water partition coefficient (Wildman–Crippen LogP) is 2.41. The summed E-state index contributed by atoms with van der Waals surface area (Å²) in [6, 6.07) is 4.26. The molecule has 0 bridgehead atoms. The lowest BCUT2D eigenvalue weighted by Gasteiger charge is -2.32. The van der Waals surface area contributed by atoms with Crippen LogP contribution in [0.25, 0.3) is 0 Å². The molecule has 8 nitrogen and oxygen atoms in total. The Morgan fingerprint density at radius 2 is 2.20 bits per heavy atom. The lowest BCUT2D eigenvalue weighted by atomic mass is 10.1. The summed E-state index contributed by atoms with van der Waals surface area (Å²) in [5.74, 6) is -1.34. The number of nitrogens with zero attached hydrogens (tertiary/aromatic N) is 2. The summed E-state index contributed by atoms with van der Waals surface area (Å²) in [6.45, 7) is 4.66. The van der Waals surface area contributed by atoms with Crippen LogP contribution in [0.1, 0.15) is 30.6 Å². The Kier molecular flexibility index (Phi) is 6.38. The van der Waals surface area contributed by atoms with Gasteiger partial charge in [-0.25, -0.2) is 0 Å². The van der Waals surface area contributed by atoms with Gasteiger partial charge < -0.3 is 14.7 Å². The zero-order valence-electron chi connectivity index (χ0n) is 14.0. The standard InChI is InChI=1S/C16H20N2O6S/c1-10(2)25-14-4-3-11(18(22)23)7-13(14)16(21)17-5-6-24-12(9-17)8-15(19)20/h3-4,7,10,12H,5-6,8-9H2,1-2H3,(H,19,20). The van der Waals surface area contributed by atoms with Crippen molar-refractivity contribution < 1.29 is 24.4 Å². The van der Waals surface area contributed by atoms with Crippen molar-refractivity contribution in [1.82, 2.24) is 4.90 Å². The summed E-state index contributed by atoms with van der Waals surface area (Å²) in [5.41, 5.74) is 0.121. The van der Waals surface area contributed by atoms with E-state index in [1.165, 1.54) is 28.8 Å². The number of hydrogen-bond acceptors (Lipinski definition) is 6. The zero-order chi connectivity index (χ0) is 18.6. The van der Waals surface area contributed by atoms with Gasteiger partial charge in [-0.1, -0.05) is 13.8 Å². The molecule has 2 rings (SSSR count). The van der Waals surface area contributed by atoms with Gasteiger partial charge in [0, 0.05) is 35.4 Å². The van der Waals surface area contributed by atoms with Crippen molar-refractivity contribution in [3.8, 4) is 0 Å². The topological polar surface area (TPSA) is 110 Å². The molecule has 1 aliphatic heterocycles. The molecule has 1 saturated heterocycles. The number of aliphatic carboxylic acids is 1. The molecule has 1 fully saturated rings. The van der Waals surface area contributed by atoms with Crippen LogP contribution in [0, 0.1) is 10.1 Å². The van der Waals surface area contributed by atoms with Gasteiger partial charge >= 0.3 is 5.97 Å². The van der Waals surface area contributed by atoms with Gasteiger partial charge in [0.1, 0.15) is 0 Å². The second-order valence-electron chi connectivity index (χ2n) is 5.95. The minimum Gasteiger partial charge on any atom is -0.481 e. The van der Waals surface area contributed by atoms with Crippen LogP contribution in [0.15, 0.2) is 23.1 Å². The van der Waals surface area contributed by atoms with Crippen LogP contribution in [0.2, 0.25) is 0 Å². The molecule has 9 heteroatoms. The van der Waals surface area contributed by atoms with E-state index in [9.17, 15) is 19.7 Å². The molecule has 0 aromatic heterocycles. The predicted molar refractivity (Wildman–Crippen MR) is 92.0 cm³/mol. The molecule has 25 heavy (non-hydrogen) atoms. The molecule has 1 aliphatic rings. The second kappa shape index (κ2) is 8.30. The Morgan fingerprint density at radius 1 is 1.48 bits per heavy atom. The first-order valence-corrected chi connectivity index (χ1v) is 8.73. The molecular weight excluding hydrogens is 348 g/mol. The Labute approximate surface area is 149 Å². The number of amides is 1. The van der Waals surface area contributed by atoms with Gasteiger partial charge in [0.25, 0.3) is 11.6 Å². The molecule has 1 heterocycles. The van der Waals surface area contributed by atoms with Crippen molar-refractivity contribution in [2.75, 3.05) is 19.7 Å². The van der Waals surface area contributed by atoms with Gasteiger partial charge in [-0.15, -0.1) is 11.8 Å². The smallest absolute Gasteiger partial charge is 0.306 e. The number of carbonyl (C=O) groups excluding carboxylic acids is 1. The average molecular weight is 368 g/mol. The van der Waals surface area contributed by atoms with Crippen LogP contribution >= 0.6 is 11.8 Å². The largest absolute Gasteiger partial charge is 0.481 e. The normalized spacial score (nSPS) is 17.6. The van der Waals surface area contributed by atoms with Crippen LogP contribution in [0.4, 0.5) is 5.69 Å². The number of carboxylic acids is 1. The van der Waals surface area contributed by atoms with E-state index < -0.39 is 17.0 Å². The Balaban J connectivity index is 2.27. The van der Waals surface area contributed by atoms with E-state index in [0.717, 1.165) is 0 Å². The molecule has 0 radical (unpaired) electrons. The minimum atomic E-state index is -0.995. The summed E-state index contributed by atoms with van der Waals surface area (Å²) < 4.78 is 5.37. The van der Waals surface area contributed by atoms with Crippen molar-refractivity contribution in [3.05, 3.63) is 33.9 Å². The van der Waals surface area contributed by atoms with E-state index in [1.807, 2.05) is 13.8 Å². The number of ether oxygens (including phenoxy) is 1. The highest BCUT2D eigenvalue weighted by Crippen LogP contribution is 2.31. The maximum absolute atomic E-state index is 12.9. The SMILES string of the molecule is CC(C)Sc1ccc([N+](=O)[O-])cc1C(=O)N1CCOC(CC(=O)O)C1. The van der Waals surface area contributed by atoms with Crippen LogP contribution in [-0.2, 0) is 9.53 Å². The number of thioether (sulfide) groups is 1. The van der Waals surface area contributed by atoms with E-state index in [1.54, 1.807) is 6.07 Å². The summed E-state index contributed by atoms with van der Waals surface area (Å²) in [6.07, 6.45) is -0.762. The quantitative estimate of drug-likeness (QED) is 0.466. The van der Waals surface area contributed by atoms with Crippen LogP contribution in [0.3, 0.4) is 0 Å². The Bertz CT molecular complexity index is 679. The number of nitro groups is 1. The van der Waals surface area contributed by atoms with E-state index in [0.29, 0.717) is 11.4 Å². The third kappa shape index (κ3) is 5.17.